The van der Waals surface area contributed by atoms with Gasteiger partial charge in [-0.25, -0.2) is 0 Å². The van der Waals surface area contributed by atoms with Gasteiger partial charge in [-0.2, -0.15) is 0 Å². The Morgan fingerprint density at radius 1 is 1.26 bits per heavy atom. The molecular weight excluding hydrogens is 240 g/mol. The Kier molecular flexibility index (Phi) is 3.43. The standard InChI is InChI=1S/C15H22N2O2/c1-8(2)10-6-11(16)14-12(7-10)17(5)15(18)13(19-14)9(3)4/h6-9,13H,16H2,1-5H3. The molecule has 1 unspecified atom stereocenters. The van der Waals surface area contributed by atoms with E-state index < -0.39 is 6.10 Å². The Bertz CT molecular complexity index is 509. The Labute approximate surface area is 114 Å². The number of hydrogen-bond donors (Lipinski definition) is 1. The molecule has 1 aliphatic rings. The van der Waals surface area contributed by atoms with Crippen molar-refractivity contribution >= 4 is 17.3 Å². The Morgan fingerprint density at radius 3 is 2.42 bits per heavy atom. The average molecular weight is 262 g/mol. The van der Waals surface area contributed by atoms with E-state index in [2.05, 4.69) is 13.8 Å². The largest absolute Gasteiger partial charge is 0.476 e. The number of nitrogen functional groups attached to an aromatic ring is 1. The number of benzene rings is 1. The van der Waals surface area contributed by atoms with Gasteiger partial charge >= 0.3 is 0 Å². The van der Waals surface area contributed by atoms with Gasteiger partial charge in [-0.05, 0) is 29.5 Å². The van der Waals surface area contributed by atoms with Crippen LogP contribution in [0.1, 0.15) is 39.2 Å². The van der Waals surface area contributed by atoms with Crippen LogP contribution in [0.4, 0.5) is 11.4 Å². The lowest BCUT2D eigenvalue weighted by Crippen LogP contribution is -2.46. The predicted octanol–water partition coefficient (Wildman–Crippen LogP) is 2.77. The van der Waals surface area contributed by atoms with Gasteiger partial charge in [-0.15, -0.1) is 0 Å². The van der Waals surface area contributed by atoms with Crippen molar-refractivity contribution in [2.24, 2.45) is 5.92 Å². The van der Waals surface area contributed by atoms with Crippen LogP contribution in [0, 0.1) is 5.92 Å². The number of likely N-dealkylation sites (N-methyl/N-ethyl adjacent to an activating group) is 1. The molecule has 0 bridgehead atoms. The van der Waals surface area contributed by atoms with Crippen molar-refractivity contribution in [3.63, 3.8) is 0 Å². The fourth-order valence-electron chi connectivity index (χ4n) is 2.28. The first-order chi connectivity index (χ1) is 8.82. The van der Waals surface area contributed by atoms with Crippen molar-refractivity contribution in [3.05, 3.63) is 17.7 Å². The Hall–Kier alpha value is -1.71. The summed E-state index contributed by atoms with van der Waals surface area (Å²) in [6, 6.07) is 3.93. The fourth-order valence-corrected chi connectivity index (χ4v) is 2.28. The number of anilines is 2. The lowest BCUT2D eigenvalue weighted by molar-refractivity contribution is -0.127. The predicted molar refractivity (Wildman–Crippen MR) is 77.6 cm³/mol. The summed E-state index contributed by atoms with van der Waals surface area (Å²) in [5.74, 6) is 1.10. The average Bonchev–Trinajstić information content (AvgIpc) is 2.33. The molecule has 2 rings (SSSR count). The highest BCUT2D eigenvalue weighted by atomic mass is 16.5. The SMILES string of the molecule is CC(C)c1cc(N)c2c(c1)N(C)C(=O)C(C(C)C)O2. The molecule has 1 aliphatic heterocycles. The monoisotopic (exact) mass is 262 g/mol. The molecule has 1 atom stereocenters. The molecule has 2 N–H and O–H groups in total. The maximum atomic E-state index is 12.3. The third-order valence-electron chi connectivity index (χ3n) is 3.57. The Balaban J connectivity index is 2.53. The van der Waals surface area contributed by atoms with Crippen molar-refractivity contribution < 1.29 is 9.53 Å². The van der Waals surface area contributed by atoms with Crippen molar-refractivity contribution in [1.29, 1.82) is 0 Å². The molecule has 1 amide bonds. The van der Waals surface area contributed by atoms with E-state index in [0.717, 1.165) is 11.3 Å². The second-order valence-corrected chi connectivity index (χ2v) is 5.79. The number of rotatable bonds is 2. The van der Waals surface area contributed by atoms with Crippen LogP contribution in [-0.2, 0) is 4.79 Å². The number of carbonyl (C=O) groups excluding carboxylic acids is 1. The van der Waals surface area contributed by atoms with E-state index in [9.17, 15) is 4.79 Å². The van der Waals surface area contributed by atoms with E-state index >= 15 is 0 Å². The zero-order chi connectivity index (χ0) is 14.3. The van der Waals surface area contributed by atoms with Gasteiger partial charge in [-0.1, -0.05) is 27.7 Å². The summed E-state index contributed by atoms with van der Waals surface area (Å²) in [7, 11) is 1.78. The van der Waals surface area contributed by atoms with Gasteiger partial charge in [0.25, 0.3) is 5.91 Å². The van der Waals surface area contributed by atoms with Crippen LogP contribution in [0.15, 0.2) is 12.1 Å². The highest BCUT2D eigenvalue weighted by Crippen LogP contribution is 2.41. The van der Waals surface area contributed by atoms with Gasteiger partial charge in [0.15, 0.2) is 11.9 Å². The van der Waals surface area contributed by atoms with E-state index in [1.165, 1.54) is 0 Å². The number of amides is 1. The molecule has 0 radical (unpaired) electrons. The smallest absolute Gasteiger partial charge is 0.268 e. The van der Waals surface area contributed by atoms with Gasteiger partial charge in [0.1, 0.15) is 0 Å². The summed E-state index contributed by atoms with van der Waals surface area (Å²) >= 11 is 0. The molecule has 1 heterocycles. The first kappa shape index (κ1) is 13.7. The van der Waals surface area contributed by atoms with E-state index in [4.69, 9.17) is 10.5 Å². The maximum absolute atomic E-state index is 12.3. The van der Waals surface area contributed by atoms with Crippen LogP contribution < -0.4 is 15.4 Å². The summed E-state index contributed by atoms with van der Waals surface area (Å²) in [4.78, 5) is 13.9. The van der Waals surface area contributed by atoms with Gasteiger partial charge < -0.3 is 15.4 Å². The van der Waals surface area contributed by atoms with Gasteiger partial charge in [0, 0.05) is 7.05 Å². The summed E-state index contributed by atoms with van der Waals surface area (Å²) in [6.45, 7) is 8.15. The number of fused-ring (bicyclic) bond motifs is 1. The van der Waals surface area contributed by atoms with Gasteiger partial charge in [0.05, 0.1) is 11.4 Å². The molecule has 19 heavy (non-hydrogen) atoms. The number of ether oxygens (including phenoxy) is 1. The third kappa shape index (κ3) is 2.27. The molecule has 0 fully saturated rings. The molecule has 0 spiro atoms. The number of nitrogens with two attached hydrogens (primary N) is 1. The number of carbonyl (C=O) groups is 1. The number of nitrogens with zero attached hydrogens (tertiary/aromatic N) is 1. The summed E-state index contributed by atoms with van der Waals surface area (Å²) in [6.07, 6.45) is -0.454. The van der Waals surface area contributed by atoms with E-state index in [1.54, 1.807) is 11.9 Å². The van der Waals surface area contributed by atoms with Crippen LogP contribution in [0.25, 0.3) is 0 Å². The van der Waals surface area contributed by atoms with Gasteiger partial charge in [0.2, 0.25) is 0 Å². The molecule has 0 aliphatic carbocycles. The maximum Gasteiger partial charge on any atom is 0.268 e. The molecule has 0 saturated carbocycles. The quantitative estimate of drug-likeness (QED) is 0.834. The van der Waals surface area contributed by atoms with Crippen molar-refractivity contribution in [2.45, 2.75) is 39.7 Å². The van der Waals surface area contributed by atoms with Crippen molar-refractivity contribution in [3.8, 4) is 5.75 Å². The van der Waals surface area contributed by atoms with Crippen LogP contribution in [-0.4, -0.2) is 19.1 Å². The number of hydrogen-bond acceptors (Lipinski definition) is 3. The minimum Gasteiger partial charge on any atom is -0.476 e. The van der Waals surface area contributed by atoms with Gasteiger partial charge in [-0.3, -0.25) is 4.79 Å². The zero-order valence-corrected chi connectivity index (χ0v) is 12.2. The summed E-state index contributed by atoms with van der Waals surface area (Å²) in [5, 5.41) is 0. The van der Waals surface area contributed by atoms with E-state index in [-0.39, 0.29) is 11.8 Å². The molecule has 4 nitrogen and oxygen atoms in total. The summed E-state index contributed by atoms with van der Waals surface area (Å²) in [5.41, 5.74) is 8.57. The second-order valence-electron chi connectivity index (χ2n) is 5.79. The van der Waals surface area contributed by atoms with E-state index in [1.807, 2.05) is 26.0 Å². The normalized spacial score (nSPS) is 18.8. The topological polar surface area (TPSA) is 55.6 Å². The molecule has 1 aromatic rings. The van der Waals surface area contributed by atoms with Crippen molar-refractivity contribution in [1.82, 2.24) is 0 Å². The molecule has 104 valence electrons. The zero-order valence-electron chi connectivity index (χ0n) is 12.2. The molecule has 0 saturated heterocycles. The molecule has 4 heteroatoms. The lowest BCUT2D eigenvalue weighted by atomic mass is 9.98. The third-order valence-corrected chi connectivity index (χ3v) is 3.57. The lowest BCUT2D eigenvalue weighted by Gasteiger charge is -2.35. The highest BCUT2D eigenvalue weighted by Gasteiger charge is 2.35. The first-order valence-electron chi connectivity index (χ1n) is 6.70. The van der Waals surface area contributed by atoms with E-state index in [0.29, 0.717) is 17.4 Å². The fraction of sp³-hybridized carbons (Fsp3) is 0.533. The molecular formula is C15H22N2O2. The Morgan fingerprint density at radius 2 is 1.89 bits per heavy atom. The minimum absolute atomic E-state index is 0.0113. The van der Waals surface area contributed by atoms with Crippen LogP contribution in [0.5, 0.6) is 5.75 Å². The summed E-state index contributed by atoms with van der Waals surface area (Å²) < 4.78 is 5.83. The highest BCUT2D eigenvalue weighted by molar-refractivity contribution is 6.01. The van der Waals surface area contributed by atoms with Crippen molar-refractivity contribution in [2.75, 3.05) is 17.7 Å². The van der Waals surface area contributed by atoms with Crippen LogP contribution in [0.2, 0.25) is 0 Å². The minimum atomic E-state index is -0.454. The molecule has 1 aromatic carbocycles. The van der Waals surface area contributed by atoms with Crippen LogP contribution in [0.3, 0.4) is 0 Å². The van der Waals surface area contributed by atoms with Crippen LogP contribution >= 0.6 is 0 Å². The molecule has 0 aromatic heterocycles. The second kappa shape index (κ2) is 4.76. The first-order valence-corrected chi connectivity index (χ1v) is 6.70.